The number of carbonyl (C=O) groups is 1. The molecule has 8 heteroatoms. The van der Waals surface area contributed by atoms with Gasteiger partial charge in [-0.25, -0.2) is 8.42 Å². The van der Waals surface area contributed by atoms with Crippen LogP contribution in [0.5, 0.6) is 0 Å². The first-order valence-corrected chi connectivity index (χ1v) is 8.56. The van der Waals surface area contributed by atoms with E-state index in [2.05, 4.69) is 15.2 Å². The molecule has 0 fully saturated rings. The number of carbonyl (C=O) groups excluding carboxylic acids is 1. The van der Waals surface area contributed by atoms with E-state index < -0.39 is 10.0 Å². The Morgan fingerprint density at radius 2 is 1.87 bits per heavy atom. The van der Waals surface area contributed by atoms with Crippen LogP contribution in [-0.4, -0.2) is 25.5 Å². The zero-order chi connectivity index (χ0) is 17.2. The van der Waals surface area contributed by atoms with Crippen molar-refractivity contribution in [3.05, 3.63) is 41.3 Å². The molecule has 2 N–H and O–H groups in total. The largest absolute Gasteiger partial charge is 0.360 e. The monoisotopic (exact) mass is 337 g/mol. The van der Waals surface area contributed by atoms with Crippen molar-refractivity contribution in [3.63, 3.8) is 0 Å². The highest BCUT2D eigenvalue weighted by atomic mass is 32.2. The molecule has 0 aliphatic rings. The minimum absolute atomic E-state index is 0.0171. The van der Waals surface area contributed by atoms with E-state index in [0.717, 1.165) is 0 Å². The lowest BCUT2D eigenvalue weighted by molar-refractivity contribution is 0.0944. The van der Waals surface area contributed by atoms with E-state index in [4.69, 9.17) is 4.52 Å². The van der Waals surface area contributed by atoms with Gasteiger partial charge in [-0.15, -0.1) is 0 Å². The number of rotatable bonds is 5. The lowest BCUT2D eigenvalue weighted by Gasteiger charge is -2.14. The van der Waals surface area contributed by atoms with Crippen LogP contribution in [0.3, 0.4) is 0 Å². The number of amides is 1. The second-order valence-corrected chi connectivity index (χ2v) is 7.05. The Balaban J connectivity index is 2.39. The molecule has 0 unspecified atom stereocenters. The molecule has 0 radical (unpaired) electrons. The van der Waals surface area contributed by atoms with Crippen LogP contribution in [0.2, 0.25) is 0 Å². The number of hydrogen-bond donors (Lipinski definition) is 2. The number of anilines is 1. The first kappa shape index (κ1) is 17.0. The third-order valence-electron chi connectivity index (χ3n) is 3.07. The lowest BCUT2D eigenvalue weighted by atomic mass is 10.1. The van der Waals surface area contributed by atoms with Crippen molar-refractivity contribution in [2.24, 2.45) is 0 Å². The molecule has 1 heterocycles. The van der Waals surface area contributed by atoms with E-state index in [-0.39, 0.29) is 39.5 Å². The molecule has 1 aromatic heterocycles. The Bertz CT molecular complexity index is 805. The minimum atomic E-state index is -3.90. The number of aryl methyl sites for hydroxylation is 2. The highest BCUT2D eigenvalue weighted by Gasteiger charge is 2.25. The Morgan fingerprint density at radius 3 is 2.43 bits per heavy atom. The summed E-state index contributed by atoms with van der Waals surface area (Å²) in [6.45, 7) is 6.72. The van der Waals surface area contributed by atoms with Crippen LogP contribution in [0, 0.1) is 13.8 Å². The fraction of sp³-hybridized carbons (Fsp3) is 0.333. The van der Waals surface area contributed by atoms with Crippen LogP contribution in [-0.2, 0) is 10.0 Å². The molecule has 0 spiro atoms. The molecule has 124 valence electrons. The summed E-state index contributed by atoms with van der Waals surface area (Å²) in [5.74, 6) is -0.156. The normalized spacial score (nSPS) is 11.5. The van der Waals surface area contributed by atoms with Crippen molar-refractivity contribution in [2.45, 2.75) is 38.6 Å². The van der Waals surface area contributed by atoms with Crippen LogP contribution in [0.1, 0.15) is 35.7 Å². The topological polar surface area (TPSA) is 101 Å². The lowest BCUT2D eigenvalue weighted by Crippen LogP contribution is -2.31. The molecule has 0 saturated carbocycles. The molecule has 2 rings (SSSR count). The zero-order valence-corrected chi connectivity index (χ0v) is 14.2. The quantitative estimate of drug-likeness (QED) is 0.871. The number of benzene rings is 1. The Hall–Kier alpha value is -2.35. The summed E-state index contributed by atoms with van der Waals surface area (Å²) in [4.78, 5) is 12.2. The van der Waals surface area contributed by atoms with Crippen LogP contribution in [0.4, 0.5) is 5.69 Å². The van der Waals surface area contributed by atoms with Crippen molar-refractivity contribution in [1.29, 1.82) is 0 Å². The number of aromatic nitrogens is 1. The standard InChI is InChI=1S/C15H19N3O4S/c1-9(2)16-15(19)12-7-5-6-8-13(12)18-23(20,21)14-10(3)17-22-11(14)4/h5-9,18H,1-4H3,(H,16,19). The first-order chi connectivity index (χ1) is 10.7. The van der Waals surface area contributed by atoms with Gasteiger partial charge in [0.05, 0.1) is 11.3 Å². The molecular formula is C15H19N3O4S. The molecule has 0 atom stereocenters. The summed E-state index contributed by atoms with van der Waals surface area (Å²) < 4.78 is 32.5. The minimum Gasteiger partial charge on any atom is -0.360 e. The van der Waals surface area contributed by atoms with Gasteiger partial charge >= 0.3 is 0 Å². The molecule has 1 aromatic carbocycles. The van der Waals surface area contributed by atoms with E-state index in [0.29, 0.717) is 0 Å². The molecule has 1 amide bonds. The predicted octanol–water partition coefficient (Wildman–Crippen LogP) is 2.23. The van der Waals surface area contributed by atoms with Gasteiger partial charge in [-0.3, -0.25) is 9.52 Å². The van der Waals surface area contributed by atoms with Gasteiger partial charge in [0.1, 0.15) is 5.69 Å². The fourth-order valence-corrected chi connectivity index (χ4v) is 3.58. The van der Waals surface area contributed by atoms with Gasteiger partial charge in [0.2, 0.25) is 0 Å². The summed E-state index contributed by atoms with van der Waals surface area (Å²) >= 11 is 0. The zero-order valence-electron chi connectivity index (χ0n) is 13.4. The van der Waals surface area contributed by atoms with Gasteiger partial charge in [0.15, 0.2) is 10.7 Å². The Kier molecular flexibility index (Phi) is 4.74. The number of nitrogens with one attached hydrogen (secondary N) is 2. The maximum Gasteiger partial charge on any atom is 0.267 e. The van der Waals surface area contributed by atoms with E-state index in [1.54, 1.807) is 25.1 Å². The molecule has 0 saturated heterocycles. The van der Waals surface area contributed by atoms with Gasteiger partial charge in [0, 0.05) is 6.04 Å². The van der Waals surface area contributed by atoms with Crippen molar-refractivity contribution < 1.29 is 17.7 Å². The third-order valence-corrected chi connectivity index (χ3v) is 4.68. The summed E-state index contributed by atoms with van der Waals surface area (Å²) in [7, 11) is -3.90. The Labute approximate surface area is 135 Å². The maximum absolute atomic E-state index is 12.6. The summed E-state index contributed by atoms with van der Waals surface area (Å²) in [6.07, 6.45) is 0. The summed E-state index contributed by atoms with van der Waals surface area (Å²) in [5.41, 5.74) is 0.710. The van der Waals surface area contributed by atoms with E-state index in [1.165, 1.54) is 13.0 Å². The second kappa shape index (κ2) is 6.41. The Morgan fingerprint density at radius 1 is 1.22 bits per heavy atom. The molecule has 2 aromatic rings. The maximum atomic E-state index is 12.6. The van der Waals surface area contributed by atoms with Crippen molar-refractivity contribution in [2.75, 3.05) is 4.72 Å². The smallest absolute Gasteiger partial charge is 0.267 e. The average molecular weight is 337 g/mol. The van der Waals surface area contributed by atoms with Crippen LogP contribution in [0.25, 0.3) is 0 Å². The van der Waals surface area contributed by atoms with Gasteiger partial charge in [0.25, 0.3) is 15.9 Å². The first-order valence-electron chi connectivity index (χ1n) is 7.08. The number of hydrogen-bond acceptors (Lipinski definition) is 5. The molecule has 7 nitrogen and oxygen atoms in total. The van der Waals surface area contributed by atoms with Gasteiger partial charge in [-0.2, -0.15) is 0 Å². The SMILES string of the molecule is Cc1noc(C)c1S(=O)(=O)Nc1ccccc1C(=O)NC(C)C. The van der Waals surface area contributed by atoms with E-state index in [1.807, 2.05) is 13.8 Å². The molecule has 0 aliphatic heterocycles. The number of sulfonamides is 1. The van der Waals surface area contributed by atoms with Crippen LogP contribution in [0.15, 0.2) is 33.7 Å². The summed E-state index contributed by atoms with van der Waals surface area (Å²) in [5, 5.41) is 6.39. The molecule has 0 bridgehead atoms. The fourth-order valence-electron chi connectivity index (χ4n) is 2.16. The third kappa shape index (κ3) is 3.70. The van der Waals surface area contributed by atoms with Gasteiger partial charge in [-0.05, 0) is 39.8 Å². The molecule has 0 aliphatic carbocycles. The number of nitrogens with zero attached hydrogens (tertiary/aromatic N) is 1. The van der Waals surface area contributed by atoms with Gasteiger partial charge < -0.3 is 9.84 Å². The number of para-hydroxylation sites is 1. The highest BCUT2D eigenvalue weighted by molar-refractivity contribution is 7.92. The average Bonchev–Trinajstić information content (AvgIpc) is 2.78. The van der Waals surface area contributed by atoms with Gasteiger partial charge in [-0.1, -0.05) is 17.3 Å². The molecule has 23 heavy (non-hydrogen) atoms. The predicted molar refractivity (Wildman–Crippen MR) is 85.8 cm³/mol. The van der Waals surface area contributed by atoms with Crippen molar-refractivity contribution in [1.82, 2.24) is 10.5 Å². The second-order valence-electron chi connectivity index (χ2n) is 5.43. The van der Waals surface area contributed by atoms with E-state index in [9.17, 15) is 13.2 Å². The summed E-state index contributed by atoms with van der Waals surface area (Å²) in [6, 6.07) is 6.35. The van der Waals surface area contributed by atoms with Crippen molar-refractivity contribution in [3.8, 4) is 0 Å². The highest BCUT2D eigenvalue weighted by Crippen LogP contribution is 2.24. The van der Waals surface area contributed by atoms with Crippen LogP contribution >= 0.6 is 0 Å². The van der Waals surface area contributed by atoms with Crippen molar-refractivity contribution >= 4 is 21.6 Å². The molecular weight excluding hydrogens is 318 g/mol. The van der Waals surface area contributed by atoms with E-state index >= 15 is 0 Å². The van der Waals surface area contributed by atoms with Crippen LogP contribution < -0.4 is 10.0 Å².